The van der Waals surface area contributed by atoms with Crippen molar-refractivity contribution in [2.45, 2.75) is 25.6 Å². The zero-order valence-corrected chi connectivity index (χ0v) is 18.3. The number of ether oxygens (including phenoxy) is 2. The van der Waals surface area contributed by atoms with E-state index in [1.165, 1.54) is 13.4 Å². The molecule has 2 aromatic carbocycles. The average Bonchev–Trinajstić information content (AvgIpc) is 3.53. The first-order valence-electron chi connectivity index (χ1n) is 10.6. The zero-order valence-electron chi connectivity index (χ0n) is 18.3. The number of para-hydroxylation sites is 1. The predicted octanol–water partition coefficient (Wildman–Crippen LogP) is 4.16. The summed E-state index contributed by atoms with van der Waals surface area (Å²) in [7, 11) is 1.53. The van der Waals surface area contributed by atoms with E-state index in [4.69, 9.17) is 18.7 Å². The first-order valence-corrected chi connectivity index (χ1v) is 10.6. The van der Waals surface area contributed by atoms with Crippen molar-refractivity contribution in [2.75, 3.05) is 12.4 Å². The lowest BCUT2D eigenvalue weighted by Crippen LogP contribution is -2.46. The molecule has 8 heteroatoms. The van der Waals surface area contributed by atoms with Gasteiger partial charge in [0.1, 0.15) is 11.6 Å². The van der Waals surface area contributed by atoms with Gasteiger partial charge < -0.3 is 24.0 Å². The molecule has 1 aromatic heterocycles. The first-order chi connectivity index (χ1) is 16.0. The fourth-order valence-electron chi connectivity index (χ4n) is 4.32. The minimum Gasteiger partial charge on any atom is -0.493 e. The molecule has 1 N–H and O–H groups in total. The minimum atomic E-state index is -1.64. The second kappa shape index (κ2) is 7.81. The van der Waals surface area contributed by atoms with Gasteiger partial charge in [-0.3, -0.25) is 9.59 Å². The highest BCUT2D eigenvalue weighted by Crippen LogP contribution is 2.50. The Bertz CT molecular complexity index is 1260. The maximum absolute atomic E-state index is 13.7. The van der Waals surface area contributed by atoms with Gasteiger partial charge in [0.2, 0.25) is 5.78 Å². The van der Waals surface area contributed by atoms with E-state index in [-0.39, 0.29) is 11.9 Å². The normalized spacial score (nSPS) is 20.9. The number of rotatable bonds is 6. The Hall–Kier alpha value is -4.07. The Morgan fingerprint density at radius 1 is 1.12 bits per heavy atom. The molecule has 0 radical (unpaired) electrons. The van der Waals surface area contributed by atoms with E-state index >= 15 is 0 Å². The van der Waals surface area contributed by atoms with Gasteiger partial charge in [-0.15, -0.1) is 0 Å². The monoisotopic (exact) mass is 446 g/mol. The number of oxime groups is 1. The maximum Gasteiger partial charge on any atom is 0.277 e. The van der Waals surface area contributed by atoms with Gasteiger partial charge >= 0.3 is 0 Å². The molecule has 3 aromatic rings. The summed E-state index contributed by atoms with van der Waals surface area (Å²) >= 11 is 0. The van der Waals surface area contributed by atoms with Crippen LogP contribution in [0.15, 0.2) is 70.4 Å². The van der Waals surface area contributed by atoms with Gasteiger partial charge in [0, 0.05) is 16.8 Å². The summed E-state index contributed by atoms with van der Waals surface area (Å²) in [5.41, 5.74) is 0.357. The highest BCUT2D eigenvalue weighted by molar-refractivity contribution is 6.24. The number of nitrogens with one attached hydrogen (secondary N) is 1. The molecule has 2 atom stereocenters. The van der Waals surface area contributed by atoms with Gasteiger partial charge in [0.05, 0.1) is 19.5 Å². The van der Waals surface area contributed by atoms with Gasteiger partial charge in [0.15, 0.2) is 17.3 Å². The van der Waals surface area contributed by atoms with E-state index < -0.39 is 23.2 Å². The van der Waals surface area contributed by atoms with Crippen molar-refractivity contribution < 1.29 is 28.3 Å². The van der Waals surface area contributed by atoms with Crippen molar-refractivity contribution in [3.8, 4) is 11.5 Å². The smallest absolute Gasteiger partial charge is 0.277 e. The van der Waals surface area contributed by atoms with E-state index in [0.717, 1.165) is 0 Å². The Kier molecular flexibility index (Phi) is 4.92. The number of anilines is 1. The Morgan fingerprint density at radius 2 is 1.94 bits per heavy atom. The molecular weight excluding hydrogens is 424 g/mol. The number of Topliss-reactive ketones (excluding diaryl/α,β-unsaturated/α-hetero) is 1. The number of methoxy groups -OCH3 is 1. The van der Waals surface area contributed by atoms with Crippen LogP contribution in [0.3, 0.4) is 0 Å². The largest absolute Gasteiger partial charge is 0.493 e. The number of amides is 1. The van der Waals surface area contributed by atoms with Crippen molar-refractivity contribution in [3.05, 3.63) is 77.7 Å². The topological polar surface area (TPSA) is 99.4 Å². The van der Waals surface area contributed by atoms with Crippen LogP contribution in [-0.2, 0) is 15.2 Å². The SMILES string of the molecule is COc1cc(C2=NO[C@@]3(C(=O)Nc4ccccc43)[C@@H]2C(=O)c2ccco2)ccc1OC(C)C. The lowest BCUT2D eigenvalue weighted by atomic mass is 9.75. The van der Waals surface area contributed by atoms with Crippen LogP contribution in [0.5, 0.6) is 11.5 Å². The van der Waals surface area contributed by atoms with Gasteiger partial charge in [-0.05, 0) is 50.2 Å². The van der Waals surface area contributed by atoms with Crippen LogP contribution in [0.1, 0.15) is 35.5 Å². The highest BCUT2D eigenvalue weighted by Gasteiger charge is 2.63. The summed E-state index contributed by atoms with van der Waals surface area (Å²) < 4.78 is 16.7. The van der Waals surface area contributed by atoms with E-state index in [1.807, 2.05) is 13.8 Å². The number of hydrogen-bond donors (Lipinski definition) is 1. The van der Waals surface area contributed by atoms with Crippen LogP contribution in [0.25, 0.3) is 0 Å². The third kappa shape index (κ3) is 3.17. The standard InChI is InChI=1S/C25H22N2O6/c1-14(2)32-18-11-10-15(13-20(18)30-3)22-21(23(28)19-9-6-12-31-19)25(33-27-22)16-7-4-5-8-17(16)26-24(25)29/h4-14,21H,1-3H3,(H,26,29)/t21-,25+/m0/s1. The van der Waals surface area contributed by atoms with E-state index in [0.29, 0.717) is 34.0 Å². The lowest BCUT2D eigenvalue weighted by molar-refractivity contribution is -0.140. The van der Waals surface area contributed by atoms with Crippen molar-refractivity contribution >= 4 is 23.1 Å². The molecule has 3 heterocycles. The molecule has 0 fully saturated rings. The Morgan fingerprint density at radius 3 is 2.67 bits per heavy atom. The molecule has 0 saturated heterocycles. The second-order valence-corrected chi connectivity index (χ2v) is 8.11. The van der Waals surface area contributed by atoms with Crippen LogP contribution in [0, 0.1) is 5.92 Å². The molecule has 33 heavy (non-hydrogen) atoms. The number of nitrogens with zero attached hydrogens (tertiary/aromatic N) is 1. The number of furan rings is 1. The summed E-state index contributed by atoms with van der Waals surface area (Å²) in [4.78, 5) is 32.8. The molecular formula is C25H22N2O6. The second-order valence-electron chi connectivity index (χ2n) is 8.11. The number of fused-ring (bicyclic) bond motifs is 2. The lowest BCUT2D eigenvalue weighted by Gasteiger charge is -2.26. The van der Waals surface area contributed by atoms with E-state index in [1.54, 1.807) is 54.6 Å². The zero-order chi connectivity index (χ0) is 23.2. The first kappa shape index (κ1) is 20.8. The Labute approximate surface area is 190 Å². The summed E-state index contributed by atoms with van der Waals surface area (Å²) in [5, 5.41) is 7.09. The molecule has 8 nitrogen and oxygen atoms in total. The molecule has 2 aliphatic rings. The highest BCUT2D eigenvalue weighted by atomic mass is 16.7. The fourth-order valence-corrected chi connectivity index (χ4v) is 4.32. The number of benzene rings is 2. The van der Waals surface area contributed by atoms with Gasteiger partial charge in [0.25, 0.3) is 11.5 Å². The molecule has 1 spiro atoms. The third-order valence-electron chi connectivity index (χ3n) is 5.73. The van der Waals surface area contributed by atoms with Crippen LogP contribution >= 0.6 is 0 Å². The maximum atomic E-state index is 13.7. The molecule has 2 aliphatic heterocycles. The molecule has 0 bridgehead atoms. The average molecular weight is 446 g/mol. The summed E-state index contributed by atoms with van der Waals surface area (Å²) in [6.07, 6.45) is 1.36. The third-order valence-corrected chi connectivity index (χ3v) is 5.73. The van der Waals surface area contributed by atoms with Crippen molar-refractivity contribution in [1.29, 1.82) is 0 Å². The molecule has 5 rings (SSSR count). The fraction of sp³-hybridized carbons (Fsp3) is 0.240. The molecule has 168 valence electrons. The van der Waals surface area contributed by atoms with E-state index in [9.17, 15) is 9.59 Å². The quantitative estimate of drug-likeness (QED) is 0.571. The van der Waals surface area contributed by atoms with Crippen molar-refractivity contribution in [1.82, 2.24) is 0 Å². The van der Waals surface area contributed by atoms with Crippen LogP contribution in [0.4, 0.5) is 5.69 Å². The number of ketones is 1. The van der Waals surface area contributed by atoms with Crippen molar-refractivity contribution in [2.24, 2.45) is 11.1 Å². The number of carbonyl (C=O) groups is 2. The number of carbonyl (C=O) groups excluding carboxylic acids is 2. The van der Waals surface area contributed by atoms with Crippen LogP contribution < -0.4 is 14.8 Å². The van der Waals surface area contributed by atoms with Crippen LogP contribution in [-0.4, -0.2) is 30.6 Å². The van der Waals surface area contributed by atoms with Crippen LogP contribution in [0.2, 0.25) is 0 Å². The molecule has 0 saturated carbocycles. The summed E-state index contributed by atoms with van der Waals surface area (Å²) in [6.45, 7) is 3.83. The van der Waals surface area contributed by atoms with Gasteiger partial charge in [-0.2, -0.15) is 0 Å². The molecule has 1 amide bonds. The summed E-state index contributed by atoms with van der Waals surface area (Å²) in [5.74, 6) is -0.798. The van der Waals surface area contributed by atoms with Gasteiger partial charge in [-0.25, -0.2) is 0 Å². The Balaban J connectivity index is 1.64. The summed E-state index contributed by atoms with van der Waals surface area (Å²) in [6, 6.07) is 15.5. The molecule has 0 unspecified atom stereocenters. The predicted molar refractivity (Wildman–Crippen MR) is 120 cm³/mol. The van der Waals surface area contributed by atoms with Gasteiger partial charge in [-0.1, -0.05) is 23.4 Å². The minimum absolute atomic E-state index is 0.0489. The number of hydrogen-bond acceptors (Lipinski definition) is 7. The van der Waals surface area contributed by atoms with Crippen molar-refractivity contribution in [3.63, 3.8) is 0 Å². The molecule has 0 aliphatic carbocycles. The van der Waals surface area contributed by atoms with E-state index in [2.05, 4.69) is 10.5 Å².